The van der Waals surface area contributed by atoms with Crippen LogP contribution in [-0.2, 0) is 0 Å². The van der Waals surface area contributed by atoms with Gasteiger partial charge in [-0.1, -0.05) is 78.9 Å². The summed E-state index contributed by atoms with van der Waals surface area (Å²) in [6.45, 7) is 0. The topological polar surface area (TPSA) is 55.3 Å². The Labute approximate surface area is 246 Å². The molecular weight excluding hydrogens is 530 g/mol. The summed E-state index contributed by atoms with van der Waals surface area (Å²) in [5.41, 5.74) is 9.76. The molecule has 43 heavy (non-hydrogen) atoms. The van der Waals surface area contributed by atoms with Crippen LogP contribution in [0.4, 0.5) is 17.1 Å². The third-order valence-electron chi connectivity index (χ3n) is 8.11. The van der Waals surface area contributed by atoms with E-state index in [0.29, 0.717) is 0 Å². The lowest BCUT2D eigenvalue weighted by molar-refractivity contribution is 0.668. The van der Waals surface area contributed by atoms with E-state index in [2.05, 4.69) is 77.7 Å². The average Bonchev–Trinajstić information content (AvgIpc) is 3.63. The molecule has 0 aliphatic rings. The van der Waals surface area contributed by atoms with Crippen molar-refractivity contribution < 1.29 is 8.83 Å². The Morgan fingerprint density at radius 3 is 1.60 bits per heavy atom. The van der Waals surface area contributed by atoms with Gasteiger partial charge in [-0.05, 0) is 52.9 Å². The molecule has 202 valence electrons. The van der Waals surface area contributed by atoms with Gasteiger partial charge in [-0.2, -0.15) is 0 Å². The van der Waals surface area contributed by atoms with E-state index < -0.39 is 0 Å². The van der Waals surface area contributed by atoms with Crippen LogP contribution in [0.1, 0.15) is 0 Å². The fraction of sp³-hybridized carbons (Fsp3) is 0. The van der Waals surface area contributed by atoms with Crippen LogP contribution in [0.25, 0.3) is 66.0 Å². The summed E-state index contributed by atoms with van der Waals surface area (Å²) in [4.78, 5) is 12.0. The van der Waals surface area contributed by atoms with Crippen molar-refractivity contribution in [3.63, 3.8) is 0 Å². The van der Waals surface area contributed by atoms with E-state index in [1.54, 1.807) is 0 Å². The Bertz CT molecular complexity index is 2360. The second-order valence-corrected chi connectivity index (χ2v) is 10.7. The third kappa shape index (κ3) is 3.79. The summed E-state index contributed by atoms with van der Waals surface area (Å²) in [5, 5.41) is 4.24. The van der Waals surface area contributed by atoms with Crippen molar-refractivity contribution in [2.45, 2.75) is 0 Å². The van der Waals surface area contributed by atoms with Crippen molar-refractivity contribution >= 4 is 72.0 Å². The lowest BCUT2D eigenvalue weighted by atomic mass is 9.98. The highest BCUT2D eigenvalue weighted by atomic mass is 16.3. The number of fused-ring (bicyclic) bond motifs is 7. The van der Waals surface area contributed by atoms with Gasteiger partial charge in [-0.3, -0.25) is 0 Å². The fourth-order valence-corrected chi connectivity index (χ4v) is 6.11. The quantitative estimate of drug-likeness (QED) is 0.217. The van der Waals surface area contributed by atoms with Gasteiger partial charge in [0.2, 0.25) is 0 Å². The number of hydrogen-bond donors (Lipinski definition) is 0. The molecule has 0 aliphatic heterocycles. The molecule has 4 heterocycles. The maximum absolute atomic E-state index is 6.28. The van der Waals surface area contributed by atoms with Gasteiger partial charge in [0, 0.05) is 28.3 Å². The van der Waals surface area contributed by atoms with Crippen LogP contribution in [0.3, 0.4) is 0 Å². The normalized spacial score (nSPS) is 11.7. The van der Waals surface area contributed by atoms with Crippen molar-refractivity contribution in [3.05, 3.63) is 140 Å². The van der Waals surface area contributed by atoms with Crippen molar-refractivity contribution in [2.75, 3.05) is 4.90 Å². The van der Waals surface area contributed by atoms with Gasteiger partial charge in [0.15, 0.2) is 11.2 Å². The van der Waals surface area contributed by atoms with E-state index >= 15 is 0 Å². The molecule has 0 amide bonds. The molecular formula is C38H23N3O2. The second kappa shape index (κ2) is 9.29. The molecule has 5 aromatic carbocycles. The molecule has 0 radical (unpaired) electrons. The Kier molecular flexibility index (Phi) is 5.13. The van der Waals surface area contributed by atoms with E-state index in [-0.39, 0.29) is 0 Å². The van der Waals surface area contributed by atoms with Crippen LogP contribution in [0.5, 0.6) is 0 Å². The van der Waals surface area contributed by atoms with Gasteiger partial charge in [-0.15, -0.1) is 0 Å². The number of furan rings is 2. The largest absolute Gasteiger partial charge is 0.454 e. The second-order valence-electron chi connectivity index (χ2n) is 10.7. The fourth-order valence-electron chi connectivity index (χ4n) is 6.11. The number of pyridine rings is 2. The number of rotatable bonds is 4. The van der Waals surface area contributed by atoms with Gasteiger partial charge >= 0.3 is 0 Å². The van der Waals surface area contributed by atoms with Crippen molar-refractivity contribution in [1.29, 1.82) is 0 Å². The summed E-state index contributed by atoms with van der Waals surface area (Å²) in [5.74, 6) is 0. The van der Waals surface area contributed by atoms with Crippen LogP contribution in [0, 0.1) is 0 Å². The van der Waals surface area contributed by atoms with Crippen LogP contribution in [-0.4, -0.2) is 9.97 Å². The van der Waals surface area contributed by atoms with Gasteiger partial charge in [0.05, 0.1) is 29.5 Å². The molecule has 0 aliphatic carbocycles. The predicted octanol–water partition coefficient (Wildman–Crippen LogP) is 10.6. The predicted molar refractivity (Wildman–Crippen MR) is 174 cm³/mol. The summed E-state index contributed by atoms with van der Waals surface area (Å²) >= 11 is 0. The molecule has 0 fully saturated rings. The van der Waals surface area contributed by atoms with E-state index in [4.69, 9.17) is 18.8 Å². The molecule has 4 aromatic heterocycles. The monoisotopic (exact) mass is 553 g/mol. The van der Waals surface area contributed by atoms with E-state index in [9.17, 15) is 0 Å². The van der Waals surface area contributed by atoms with Crippen LogP contribution < -0.4 is 4.90 Å². The molecule has 0 bridgehead atoms. The molecule has 0 saturated heterocycles. The smallest absolute Gasteiger partial charge is 0.155 e. The maximum Gasteiger partial charge on any atom is 0.155 e. The van der Waals surface area contributed by atoms with Crippen molar-refractivity contribution in [3.8, 4) is 11.1 Å². The van der Waals surface area contributed by atoms with Crippen molar-refractivity contribution in [1.82, 2.24) is 9.97 Å². The number of hydrogen-bond acceptors (Lipinski definition) is 5. The standard InChI is InChI=1S/C38H23N3O2/c1-2-10-24(11-3-1)26-18-25-12-4-5-13-29(25)32(19-26)41(27-20-35-37(39-22-27)30-14-6-8-16-33(30)42-35)28-21-36-38(40-23-28)31-15-7-9-17-34(31)43-36/h1-23H. The molecule has 9 rings (SSSR count). The number of aromatic nitrogens is 2. The minimum atomic E-state index is 0.727. The molecule has 0 atom stereocenters. The van der Waals surface area contributed by atoms with Gasteiger partial charge < -0.3 is 13.7 Å². The van der Waals surface area contributed by atoms with Crippen LogP contribution in [0.15, 0.2) is 149 Å². The molecule has 0 saturated carbocycles. The molecule has 0 N–H and O–H groups in total. The first kappa shape index (κ1) is 23.7. The Balaban J connectivity index is 1.34. The summed E-state index contributed by atoms with van der Waals surface area (Å²) in [6.07, 6.45) is 3.83. The van der Waals surface area contributed by atoms with E-state index in [1.807, 2.05) is 67.0 Å². The first-order valence-electron chi connectivity index (χ1n) is 14.2. The SMILES string of the molecule is c1ccc(-c2cc(N(c3cnc4c(c3)oc3ccccc34)c3cnc4c(c3)oc3ccccc34)c3ccccc3c2)cc1. The highest BCUT2D eigenvalue weighted by Crippen LogP contribution is 2.43. The minimum Gasteiger partial charge on any atom is -0.454 e. The third-order valence-corrected chi connectivity index (χ3v) is 8.11. The zero-order valence-electron chi connectivity index (χ0n) is 22.9. The first-order chi connectivity index (χ1) is 21.3. The van der Waals surface area contributed by atoms with Crippen LogP contribution in [0.2, 0.25) is 0 Å². The molecule has 0 unspecified atom stereocenters. The lowest BCUT2D eigenvalue weighted by Gasteiger charge is -2.27. The molecule has 0 spiro atoms. The first-order valence-corrected chi connectivity index (χ1v) is 14.2. The summed E-state index contributed by atoms with van der Waals surface area (Å²) < 4.78 is 12.6. The number of nitrogens with zero attached hydrogens (tertiary/aromatic N) is 3. The Hall–Kier alpha value is -5.94. The average molecular weight is 554 g/mol. The molecule has 5 nitrogen and oxygen atoms in total. The van der Waals surface area contributed by atoms with Gasteiger partial charge in [-0.25, -0.2) is 9.97 Å². The zero-order chi connectivity index (χ0) is 28.3. The zero-order valence-corrected chi connectivity index (χ0v) is 22.9. The Morgan fingerprint density at radius 2 is 0.977 bits per heavy atom. The van der Waals surface area contributed by atoms with E-state index in [0.717, 1.165) is 83.1 Å². The van der Waals surface area contributed by atoms with Crippen molar-refractivity contribution in [2.24, 2.45) is 0 Å². The minimum absolute atomic E-state index is 0.727. The summed E-state index contributed by atoms with van der Waals surface area (Å²) in [7, 11) is 0. The van der Waals surface area contributed by atoms with Crippen LogP contribution >= 0.6 is 0 Å². The van der Waals surface area contributed by atoms with Gasteiger partial charge in [0.1, 0.15) is 22.2 Å². The Morgan fingerprint density at radius 1 is 0.442 bits per heavy atom. The number of para-hydroxylation sites is 2. The van der Waals surface area contributed by atoms with E-state index in [1.165, 1.54) is 0 Å². The maximum atomic E-state index is 6.28. The van der Waals surface area contributed by atoms with Gasteiger partial charge in [0.25, 0.3) is 0 Å². The number of benzene rings is 5. The molecule has 9 aromatic rings. The highest BCUT2D eigenvalue weighted by molar-refractivity contribution is 6.07. The number of anilines is 3. The molecule has 5 heteroatoms. The lowest BCUT2D eigenvalue weighted by Crippen LogP contribution is -2.11. The highest BCUT2D eigenvalue weighted by Gasteiger charge is 2.21. The summed E-state index contributed by atoms with van der Waals surface area (Å²) in [6, 6.07) is 43.6.